The molecule has 0 aliphatic rings. The Morgan fingerprint density at radius 2 is 2.08 bits per heavy atom. The predicted octanol–water partition coefficient (Wildman–Crippen LogP) is 1.06. The smallest absolute Gasteiger partial charge is 0.225 e. The highest BCUT2D eigenvalue weighted by Crippen LogP contribution is 2.17. The molecule has 1 rings (SSSR count). The molecule has 0 bridgehead atoms. The number of rotatable bonds is 2. The van der Waals surface area contributed by atoms with Gasteiger partial charge in [0.15, 0.2) is 0 Å². The van der Waals surface area contributed by atoms with Gasteiger partial charge >= 0.3 is 0 Å². The maximum atomic E-state index is 10.9. The van der Waals surface area contributed by atoms with Crippen LogP contribution in [0.15, 0.2) is 34.1 Å². The van der Waals surface area contributed by atoms with Gasteiger partial charge in [-0.1, -0.05) is 6.07 Å². The first kappa shape index (κ1) is 9.57. The molecule has 0 saturated carbocycles. The van der Waals surface area contributed by atoms with E-state index >= 15 is 0 Å². The lowest BCUT2D eigenvalue weighted by Crippen LogP contribution is -2.11. The first-order valence-electron chi connectivity index (χ1n) is 3.21. The predicted molar refractivity (Wildman–Crippen MR) is 49.6 cm³/mol. The second-order valence-electron chi connectivity index (χ2n) is 2.22. The van der Waals surface area contributed by atoms with Gasteiger partial charge in [-0.3, -0.25) is 0 Å². The van der Waals surface area contributed by atoms with Crippen molar-refractivity contribution in [2.45, 2.75) is 9.79 Å². The van der Waals surface area contributed by atoms with Crippen LogP contribution in [0, 0.1) is 0 Å². The van der Waals surface area contributed by atoms with Gasteiger partial charge in [0.05, 0.1) is 4.90 Å². The third kappa shape index (κ3) is 2.23. The van der Waals surface area contributed by atoms with Crippen LogP contribution in [0.3, 0.4) is 0 Å². The Kier molecular flexibility index (Phi) is 2.76. The zero-order valence-corrected chi connectivity index (χ0v) is 8.15. The minimum atomic E-state index is -3.55. The lowest BCUT2D eigenvalue weighted by molar-refractivity contribution is 0.597. The molecule has 0 fully saturated rings. The van der Waals surface area contributed by atoms with E-state index in [2.05, 4.69) is 0 Å². The molecule has 0 aliphatic carbocycles. The van der Waals surface area contributed by atoms with Crippen molar-refractivity contribution < 1.29 is 8.42 Å². The average molecular weight is 203 g/mol. The van der Waals surface area contributed by atoms with E-state index in [4.69, 9.17) is 5.14 Å². The van der Waals surface area contributed by atoms with E-state index in [1.807, 2.05) is 12.3 Å². The van der Waals surface area contributed by atoms with Crippen molar-refractivity contribution in [2.24, 2.45) is 5.14 Å². The van der Waals surface area contributed by atoms with Gasteiger partial charge in [-0.05, 0) is 24.5 Å². The summed E-state index contributed by atoms with van der Waals surface area (Å²) in [7, 11) is -3.55. The number of hydrogen-bond donors (Lipinski definition) is 1. The quantitative estimate of drug-likeness (QED) is 0.731. The molecule has 0 radical (unpaired) electrons. The summed E-state index contributed by atoms with van der Waals surface area (Å²) in [4.78, 5) is 1.05. The molecule has 1 aromatic carbocycles. The molecule has 5 heteroatoms. The fourth-order valence-corrected chi connectivity index (χ4v) is 1.87. The van der Waals surface area contributed by atoms with Crippen LogP contribution in [0.4, 0.5) is 0 Å². The van der Waals surface area contributed by atoms with E-state index < -0.39 is 10.0 Å². The Morgan fingerprint density at radius 3 is 2.58 bits per heavy atom. The Labute approximate surface area is 76.0 Å². The molecule has 0 spiro atoms. The van der Waals surface area contributed by atoms with E-state index in [1.165, 1.54) is 17.8 Å². The number of thioether (sulfide) groups is 1. The molecular formula is C7H9NO2S2. The van der Waals surface area contributed by atoms with Crippen molar-refractivity contribution in [3.8, 4) is 0 Å². The summed E-state index contributed by atoms with van der Waals surface area (Å²) in [5.74, 6) is 0. The van der Waals surface area contributed by atoms with Gasteiger partial charge in [0.2, 0.25) is 10.0 Å². The number of primary sulfonamides is 1. The SMILES string of the molecule is CSc1cccc(S(N)(=O)=O)c1. The maximum absolute atomic E-state index is 10.9. The van der Waals surface area contributed by atoms with E-state index in [9.17, 15) is 8.42 Å². The van der Waals surface area contributed by atoms with Gasteiger partial charge in [-0.25, -0.2) is 13.6 Å². The molecule has 0 saturated heterocycles. The van der Waals surface area contributed by atoms with Crippen molar-refractivity contribution in [3.63, 3.8) is 0 Å². The first-order valence-corrected chi connectivity index (χ1v) is 5.98. The van der Waals surface area contributed by atoms with Crippen LogP contribution in [0.1, 0.15) is 0 Å². The number of nitrogens with two attached hydrogens (primary N) is 1. The minimum Gasteiger partial charge on any atom is -0.225 e. The Bertz CT molecular complexity index is 373. The van der Waals surface area contributed by atoms with Gasteiger partial charge in [-0.2, -0.15) is 0 Å². The standard InChI is InChI=1S/C7H9NO2S2/c1-11-6-3-2-4-7(5-6)12(8,9)10/h2-5H,1H3,(H2,8,9,10). The van der Waals surface area contributed by atoms with Gasteiger partial charge < -0.3 is 0 Å². The summed E-state index contributed by atoms with van der Waals surface area (Å²) in [5.41, 5.74) is 0. The van der Waals surface area contributed by atoms with Crippen molar-refractivity contribution in [2.75, 3.05) is 6.26 Å². The highest BCUT2D eigenvalue weighted by Gasteiger charge is 2.06. The molecule has 12 heavy (non-hydrogen) atoms. The molecular weight excluding hydrogens is 194 g/mol. The zero-order valence-electron chi connectivity index (χ0n) is 6.52. The van der Waals surface area contributed by atoms with Gasteiger partial charge in [-0.15, -0.1) is 11.8 Å². The topological polar surface area (TPSA) is 60.2 Å². The second kappa shape index (κ2) is 3.47. The Hall–Kier alpha value is -0.520. The normalized spacial score (nSPS) is 11.5. The molecule has 0 unspecified atom stereocenters. The third-order valence-electron chi connectivity index (χ3n) is 1.37. The highest BCUT2D eigenvalue weighted by atomic mass is 32.2. The molecule has 2 N–H and O–H groups in total. The molecule has 0 atom stereocenters. The van der Waals surface area contributed by atoms with Crippen molar-refractivity contribution >= 4 is 21.8 Å². The van der Waals surface area contributed by atoms with Gasteiger partial charge in [0.1, 0.15) is 0 Å². The molecule has 1 aromatic rings. The number of hydrogen-bond acceptors (Lipinski definition) is 3. The monoisotopic (exact) mass is 203 g/mol. The minimum absolute atomic E-state index is 0.161. The lowest BCUT2D eigenvalue weighted by atomic mass is 10.4. The molecule has 0 aromatic heterocycles. The average Bonchev–Trinajstić information content (AvgIpc) is 2.03. The van der Waals surface area contributed by atoms with Crippen molar-refractivity contribution in [3.05, 3.63) is 24.3 Å². The largest absolute Gasteiger partial charge is 0.238 e. The summed E-state index contributed by atoms with van der Waals surface area (Å²) >= 11 is 1.48. The van der Waals surface area contributed by atoms with E-state index in [-0.39, 0.29) is 4.90 Å². The van der Waals surface area contributed by atoms with Crippen LogP contribution in [0.2, 0.25) is 0 Å². The van der Waals surface area contributed by atoms with Crippen LogP contribution >= 0.6 is 11.8 Å². The van der Waals surface area contributed by atoms with Crippen LogP contribution < -0.4 is 5.14 Å². The molecule has 0 heterocycles. The summed E-state index contributed by atoms with van der Waals surface area (Å²) in [6, 6.07) is 6.54. The molecule has 0 amide bonds. The third-order valence-corrected chi connectivity index (χ3v) is 3.01. The summed E-state index contributed by atoms with van der Waals surface area (Å²) < 4.78 is 21.7. The Balaban J connectivity index is 3.20. The summed E-state index contributed by atoms with van der Waals surface area (Å²) in [6.45, 7) is 0. The van der Waals surface area contributed by atoms with E-state index in [0.29, 0.717) is 0 Å². The number of benzene rings is 1. The summed E-state index contributed by atoms with van der Waals surface area (Å²) in [5, 5.41) is 4.94. The van der Waals surface area contributed by atoms with Crippen LogP contribution in [0.25, 0.3) is 0 Å². The molecule has 3 nitrogen and oxygen atoms in total. The maximum Gasteiger partial charge on any atom is 0.238 e. The van der Waals surface area contributed by atoms with E-state index in [0.717, 1.165) is 4.90 Å². The molecule has 66 valence electrons. The highest BCUT2D eigenvalue weighted by molar-refractivity contribution is 7.98. The second-order valence-corrected chi connectivity index (χ2v) is 4.67. The van der Waals surface area contributed by atoms with Gasteiger partial charge in [0, 0.05) is 4.90 Å². The summed E-state index contributed by atoms with van der Waals surface area (Å²) in [6.07, 6.45) is 1.88. The molecule has 0 aliphatic heterocycles. The fraction of sp³-hybridized carbons (Fsp3) is 0.143. The first-order chi connectivity index (χ1) is 5.54. The van der Waals surface area contributed by atoms with E-state index in [1.54, 1.807) is 12.1 Å². The fourth-order valence-electron chi connectivity index (χ4n) is 0.778. The lowest BCUT2D eigenvalue weighted by Gasteiger charge is -1.99. The Morgan fingerprint density at radius 1 is 1.42 bits per heavy atom. The zero-order chi connectivity index (χ0) is 9.19. The van der Waals surface area contributed by atoms with Crippen LogP contribution in [-0.4, -0.2) is 14.7 Å². The van der Waals surface area contributed by atoms with Crippen LogP contribution in [-0.2, 0) is 10.0 Å². The van der Waals surface area contributed by atoms with Crippen molar-refractivity contribution in [1.29, 1.82) is 0 Å². The van der Waals surface area contributed by atoms with Crippen molar-refractivity contribution in [1.82, 2.24) is 0 Å². The number of sulfonamides is 1. The van der Waals surface area contributed by atoms with Crippen LogP contribution in [0.5, 0.6) is 0 Å². The van der Waals surface area contributed by atoms with Gasteiger partial charge in [0.25, 0.3) is 0 Å².